The molecule has 244 valence electrons. The van der Waals surface area contributed by atoms with Crippen molar-refractivity contribution in [2.75, 3.05) is 54.0 Å². The summed E-state index contributed by atoms with van der Waals surface area (Å²) in [5.41, 5.74) is 5.68. The van der Waals surface area contributed by atoms with Gasteiger partial charge in [-0.25, -0.2) is 9.59 Å². The van der Waals surface area contributed by atoms with Gasteiger partial charge in [0, 0.05) is 67.3 Å². The average molecular weight is 648 g/mol. The third kappa shape index (κ3) is 4.29. The van der Waals surface area contributed by atoms with E-state index < -0.39 is 19.3 Å². The molecule has 0 aromatic heterocycles. The lowest BCUT2D eigenvalue weighted by atomic mass is 9.78. The maximum Gasteiger partial charge on any atom is 0.340 e. The maximum atomic E-state index is 14.2. The summed E-state index contributed by atoms with van der Waals surface area (Å²) in [6, 6.07) is 20.3. The quantitative estimate of drug-likeness (QED) is 0.262. The van der Waals surface area contributed by atoms with Crippen molar-refractivity contribution in [1.82, 2.24) is 0 Å². The minimum atomic E-state index is -2.22. The number of benzene rings is 3. The topological polar surface area (TPSA) is 62.3 Å². The van der Waals surface area contributed by atoms with Gasteiger partial charge in [-0.2, -0.15) is 0 Å². The predicted octanol–water partition coefficient (Wildman–Crippen LogP) is 5.79. The van der Waals surface area contributed by atoms with Crippen molar-refractivity contribution in [3.63, 3.8) is 0 Å². The largest absolute Gasteiger partial charge is 0.456 e. The van der Waals surface area contributed by atoms with Crippen molar-refractivity contribution in [3.05, 3.63) is 76.3 Å². The SMILES string of the molecule is CC(C)(C)OC(=O)c1cc2c(cc1N1CCC1)C(=O)OC21c2ccc(N3CCC3)cc2[Si]2(CCCCC2)c2cc(N3CCC3)ccc21. The Morgan fingerprint density at radius 2 is 1.28 bits per heavy atom. The van der Waals surface area contributed by atoms with E-state index >= 15 is 0 Å². The van der Waals surface area contributed by atoms with Crippen molar-refractivity contribution >= 4 is 47.4 Å². The van der Waals surface area contributed by atoms with Crippen LogP contribution in [0.25, 0.3) is 0 Å². The highest BCUT2D eigenvalue weighted by molar-refractivity contribution is 7.03. The zero-order valence-electron chi connectivity index (χ0n) is 28.0. The summed E-state index contributed by atoms with van der Waals surface area (Å²) < 4.78 is 12.8. The number of carbonyl (C=O) groups is 2. The third-order valence-electron chi connectivity index (χ3n) is 11.7. The summed E-state index contributed by atoms with van der Waals surface area (Å²) in [5.74, 6) is -0.665. The molecule has 4 fully saturated rings. The molecule has 0 bridgehead atoms. The summed E-state index contributed by atoms with van der Waals surface area (Å²) in [7, 11) is -2.22. The molecule has 0 unspecified atom stereocenters. The van der Waals surface area contributed by atoms with E-state index in [1.54, 1.807) is 0 Å². The van der Waals surface area contributed by atoms with Crippen LogP contribution in [0.4, 0.5) is 17.1 Å². The fourth-order valence-corrected chi connectivity index (χ4v) is 14.7. The third-order valence-corrected chi connectivity index (χ3v) is 17.0. The van der Waals surface area contributed by atoms with Gasteiger partial charge < -0.3 is 24.2 Å². The Balaban J connectivity index is 1.32. The monoisotopic (exact) mass is 647 g/mol. The molecule has 6 aliphatic heterocycles. The van der Waals surface area contributed by atoms with E-state index in [-0.39, 0.29) is 11.9 Å². The Labute approximate surface area is 278 Å². The molecule has 0 radical (unpaired) electrons. The van der Waals surface area contributed by atoms with Crippen LogP contribution in [0.1, 0.15) is 96.7 Å². The van der Waals surface area contributed by atoms with Crippen LogP contribution in [0, 0.1) is 0 Å². The second-order valence-electron chi connectivity index (χ2n) is 15.6. The standard InChI is InChI=1S/C39H45N3O4Si/c1-38(2,3)45-37(44)29-24-32-28(25-33(29)42-18-9-19-42)36(43)46-39(32)30-12-10-26(40-14-7-15-40)22-34(30)47(20-5-4-6-21-47)35-23-27(11-13-31(35)39)41-16-8-17-41/h10-13,22-25H,4-9,14-21H2,1-3H3. The second-order valence-corrected chi connectivity index (χ2v) is 19.9. The number of hydrogen-bond donors (Lipinski definition) is 0. The molecule has 47 heavy (non-hydrogen) atoms. The molecule has 8 heteroatoms. The predicted molar refractivity (Wildman–Crippen MR) is 189 cm³/mol. The number of nitrogens with zero attached hydrogens (tertiary/aromatic N) is 3. The zero-order chi connectivity index (χ0) is 32.1. The summed E-state index contributed by atoms with van der Waals surface area (Å²) in [6.07, 6.45) is 7.26. The minimum absolute atomic E-state index is 0.311. The van der Waals surface area contributed by atoms with Gasteiger partial charge in [-0.3, -0.25) is 0 Å². The smallest absolute Gasteiger partial charge is 0.340 e. The number of ether oxygens (including phenoxy) is 2. The number of hydrogen-bond acceptors (Lipinski definition) is 7. The first kappa shape index (κ1) is 29.4. The molecule has 3 aromatic carbocycles. The van der Waals surface area contributed by atoms with Gasteiger partial charge in [-0.15, -0.1) is 0 Å². The van der Waals surface area contributed by atoms with E-state index in [4.69, 9.17) is 9.47 Å². The molecule has 0 amide bonds. The summed E-state index contributed by atoms with van der Waals surface area (Å²) in [4.78, 5) is 35.3. The number of rotatable bonds is 4. The molecular formula is C39H45N3O4Si. The van der Waals surface area contributed by atoms with Crippen LogP contribution in [0.3, 0.4) is 0 Å². The first-order chi connectivity index (χ1) is 22.7. The molecule has 6 aliphatic rings. The summed E-state index contributed by atoms with van der Waals surface area (Å²) >= 11 is 0. The average Bonchev–Trinajstić information content (AvgIpc) is 3.24. The normalized spacial score (nSPS) is 21.7. The molecule has 3 aromatic rings. The molecule has 9 rings (SSSR count). The van der Waals surface area contributed by atoms with Crippen LogP contribution < -0.4 is 25.1 Å². The molecule has 0 atom stereocenters. The lowest BCUT2D eigenvalue weighted by Crippen LogP contribution is -2.67. The molecule has 4 saturated heterocycles. The molecular weight excluding hydrogens is 603 g/mol. The van der Waals surface area contributed by atoms with Gasteiger partial charge in [-0.1, -0.05) is 31.4 Å². The summed E-state index contributed by atoms with van der Waals surface area (Å²) in [5, 5.41) is 2.86. The number of carbonyl (C=O) groups excluding carboxylic acids is 2. The van der Waals surface area contributed by atoms with Crippen molar-refractivity contribution in [1.29, 1.82) is 0 Å². The Bertz CT molecular complexity index is 1740. The van der Waals surface area contributed by atoms with Crippen molar-refractivity contribution < 1.29 is 19.1 Å². The van der Waals surface area contributed by atoms with Crippen LogP contribution in [0.5, 0.6) is 0 Å². The van der Waals surface area contributed by atoms with E-state index in [9.17, 15) is 9.59 Å². The minimum Gasteiger partial charge on any atom is -0.456 e. The van der Waals surface area contributed by atoms with E-state index in [0.717, 1.165) is 68.1 Å². The van der Waals surface area contributed by atoms with Crippen LogP contribution in [0.2, 0.25) is 12.1 Å². The number of esters is 2. The fourth-order valence-electron chi connectivity index (χ4n) is 9.01. The van der Waals surface area contributed by atoms with Gasteiger partial charge in [0.2, 0.25) is 0 Å². The van der Waals surface area contributed by atoms with Gasteiger partial charge in [0.05, 0.1) is 16.8 Å². The van der Waals surface area contributed by atoms with E-state index in [0.29, 0.717) is 11.1 Å². The lowest BCUT2D eigenvalue weighted by molar-refractivity contribution is 0.00698. The fraction of sp³-hybridized carbons (Fsp3) is 0.487. The lowest BCUT2D eigenvalue weighted by Gasteiger charge is -2.49. The Morgan fingerprint density at radius 1 is 0.723 bits per heavy atom. The van der Waals surface area contributed by atoms with E-state index in [2.05, 4.69) is 51.1 Å². The van der Waals surface area contributed by atoms with Gasteiger partial charge in [0.15, 0.2) is 5.60 Å². The van der Waals surface area contributed by atoms with Gasteiger partial charge in [0.1, 0.15) is 13.7 Å². The molecule has 0 aliphatic carbocycles. The number of anilines is 3. The highest BCUT2D eigenvalue weighted by Crippen LogP contribution is 2.52. The van der Waals surface area contributed by atoms with Gasteiger partial charge in [0.25, 0.3) is 0 Å². The maximum absolute atomic E-state index is 14.2. The Hall–Kier alpha value is -3.78. The zero-order valence-corrected chi connectivity index (χ0v) is 29.0. The Kier molecular flexibility index (Phi) is 6.47. The van der Waals surface area contributed by atoms with Crippen LogP contribution in [-0.4, -0.2) is 64.9 Å². The molecule has 0 N–H and O–H groups in total. The van der Waals surface area contributed by atoms with E-state index in [1.807, 2.05) is 32.9 Å². The van der Waals surface area contributed by atoms with Crippen molar-refractivity contribution in [2.24, 2.45) is 0 Å². The highest BCUT2D eigenvalue weighted by Gasteiger charge is 2.59. The van der Waals surface area contributed by atoms with Crippen molar-refractivity contribution in [3.8, 4) is 0 Å². The molecule has 2 spiro atoms. The highest BCUT2D eigenvalue weighted by atomic mass is 28.3. The van der Waals surface area contributed by atoms with Crippen LogP contribution in [0.15, 0.2) is 48.5 Å². The molecule has 6 heterocycles. The first-order valence-corrected chi connectivity index (χ1v) is 20.3. The number of fused-ring (bicyclic) bond motifs is 8. The van der Waals surface area contributed by atoms with E-state index in [1.165, 1.54) is 65.9 Å². The van der Waals surface area contributed by atoms with Crippen molar-refractivity contribution in [2.45, 2.75) is 82.6 Å². The summed E-state index contributed by atoms with van der Waals surface area (Å²) in [6.45, 7) is 11.8. The molecule has 0 saturated carbocycles. The van der Waals surface area contributed by atoms with Gasteiger partial charge >= 0.3 is 11.9 Å². The Morgan fingerprint density at radius 3 is 1.77 bits per heavy atom. The van der Waals surface area contributed by atoms with Crippen LogP contribution in [-0.2, 0) is 15.1 Å². The first-order valence-electron chi connectivity index (χ1n) is 17.9. The van der Waals surface area contributed by atoms with Gasteiger partial charge in [-0.05, 0) is 98.9 Å². The second kappa shape index (κ2) is 10.4. The van der Waals surface area contributed by atoms with Crippen LogP contribution >= 0.6 is 0 Å². The molecule has 7 nitrogen and oxygen atoms in total.